The zero-order valence-corrected chi connectivity index (χ0v) is 11.4. The Hall–Kier alpha value is -1.88. The maximum atomic E-state index is 10.9. The smallest absolute Gasteiger partial charge is 0.221 e. The number of amides is 1. The lowest BCUT2D eigenvalue weighted by atomic mass is 10.1. The normalized spacial score (nSPS) is 11.6. The molecule has 18 heavy (non-hydrogen) atoms. The topological polar surface area (TPSA) is 46.4 Å². The summed E-state index contributed by atoms with van der Waals surface area (Å²) >= 11 is 1.61. The van der Waals surface area contributed by atoms with E-state index < -0.39 is 0 Å². The molecule has 0 aliphatic heterocycles. The fourth-order valence-corrected chi connectivity index (χ4v) is 2.63. The van der Waals surface area contributed by atoms with Gasteiger partial charge in [-0.3, -0.25) is 9.79 Å². The third-order valence-corrected chi connectivity index (χ3v) is 3.62. The molecule has 0 spiro atoms. The molecule has 0 aliphatic rings. The molecule has 0 saturated carbocycles. The van der Waals surface area contributed by atoms with Crippen molar-refractivity contribution >= 4 is 22.9 Å². The van der Waals surface area contributed by atoms with Crippen molar-refractivity contribution in [3.8, 4) is 11.3 Å². The summed E-state index contributed by atoms with van der Waals surface area (Å²) in [7, 11) is 3.78. The number of aromatic nitrogens is 1. The van der Waals surface area contributed by atoms with Gasteiger partial charge in [-0.15, -0.1) is 11.3 Å². The Balaban J connectivity index is 2.34. The van der Waals surface area contributed by atoms with Gasteiger partial charge in [0.05, 0.1) is 5.69 Å². The number of rotatable bonds is 2. The minimum Gasteiger partial charge on any atom is -0.326 e. The molecule has 0 atom stereocenters. The summed E-state index contributed by atoms with van der Waals surface area (Å²) in [4.78, 5) is 16.1. The van der Waals surface area contributed by atoms with Crippen molar-refractivity contribution in [1.82, 2.24) is 4.57 Å². The summed E-state index contributed by atoms with van der Waals surface area (Å²) in [6, 6.07) is 7.79. The first-order valence-corrected chi connectivity index (χ1v) is 6.45. The number of hydrogen-bond donors (Lipinski definition) is 1. The summed E-state index contributed by atoms with van der Waals surface area (Å²) in [5, 5.41) is 4.83. The number of nitrogens with one attached hydrogen (secondary N) is 1. The Kier molecular flexibility index (Phi) is 3.62. The van der Waals surface area contributed by atoms with E-state index in [0.717, 1.165) is 21.7 Å². The van der Waals surface area contributed by atoms with E-state index in [4.69, 9.17) is 0 Å². The van der Waals surface area contributed by atoms with Crippen molar-refractivity contribution in [3.63, 3.8) is 0 Å². The summed E-state index contributed by atoms with van der Waals surface area (Å²) < 4.78 is 2.05. The van der Waals surface area contributed by atoms with Gasteiger partial charge in [-0.05, 0) is 17.7 Å². The first kappa shape index (κ1) is 12.6. The number of carbonyl (C=O) groups excluding carboxylic acids is 1. The van der Waals surface area contributed by atoms with Gasteiger partial charge in [-0.25, -0.2) is 0 Å². The van der Waals surface area contributed by atoms with Gasteiger partial charge in [0.1, 0.15) is 0 Å². The van der Waals surface area contributed by atoms with Crippen LogP contribution in [0.3, 0.4) is 0 Å². The van der Waals surface area contributed by atoms with E-state index in [2.05, 4.69) is 20.3 Å². The van der Waals surface area contributed by atoms with Crippen molar-refractivity contribution in [2.75, 3.05) is 12.4 Å². The quantitative estimate of drug-likeness (QED) is 0.885. The molecule has 1 aromatic carbocycles. The van der Waals surface area contributed by atoms with Crippen LogP contribution in [0.4, 0.5) is 5.69 Å². The molecule has 4 nitrogen and oxygen atoms in total. The van der Waals surface area contributed by atoms with Gasteiger partial charge in [0.2, 0.25) is 5.91 Å². The van der Waals surface area contributed by atoms with E-state index >= 15 is 0 Å². The zero-order valence-electron chi connectivity index (χ0n) is 10.6. The summed E-state index contributed by atoms with van der Waals surface area (Å²) in [6.45, 7) is 1.50. The van der Waals surface area contributed by atoms with Gasteiger partial charge in [-0.1, -0.05) is 12.1 Å². The highest BCUT2D eigenvalue weighted by Gasteiger charge is 2.04. The Bertz CT molecular complexity index is 622. The predicted octanol–water partition coefficient (Wildman–Crippen LogP) is 2.24. The molecular formula is C13H15N3OS. The number of hydrogen-bond acceptors (Lipinski definition) is 3. The maximum absolute atomic E-state index is 10.9. The molecule has 94 valence electrons. The molecule has 2 rings (SSSR count). The van der Waals surface area contributed by atoms with E-state index in [1.165, 1.54) is 6.92 Å². The molecule has 1 heterocycles. The number of nitrogens with zero attached hydrogens (tertiary/aromatic N) is 2. The molecule has 2 aromatic rings. The number of benzene rings is 1. The first-order valence-electron chi connectivity index (χ1n) is 5.57. The Morgan fingerprint density at radius 3 is 2.50 bits per heavy atom. The Morgan fingerprint density at radius 2 is 2.00 bits per heavy atom. The Labute approximate surface area is 110 Å². The molecule has 1 amide bonds. The highest BCUT2D eigenvalue weighted by Crippen LogP contribution is 2.21. The second-order valence-electron chi connectivity index (χ2n) is 3.94. The number of carbonyl (C=O) groups is 1. The van der Waals surface area contributed by atoms with E-state index in [-0.39, 0.29) is 5.91 Å². The lowest BCUT2D eigenvalue weighted by Gasteiger charge is -2.05. The molecule has 0 unspecified atom stereocenters. The lowest BCUT2D eigenvalue weighted by Crippen LogP contribution is -2.10. The standard InChI is InChI=1S/C13H15N3OS/c1-9(17)15-11-6-4-10(5-7-11)12-8-18-13(14-2)16(12)3/h4-8H,1-3H3,(H,15,17). The van der Waals surface area contributed by atoms with Crippen molar-refractivity contribution in [3.05, 3.63) is 34.4 Å². The highest BCUT2D eigenvalue weighted by molar-refractivity contribution is 7.07. The van der Waals surface area contributed by atoms with Crippen LogP contribution in [0.1, 0.15) is 6.92 Å². The van der Waals surface area contributed by atoms with E-state index in [9.17, 15) is 4.79 Å². The molecule has 0 aliphatic carbocycles. The summed E-state index contributed by atoms with van der Waals surface area (Å²) in [6.07, 6.45) is 0. The van der Waals surface area contributed by atoms with Crippen molar-refractivity contribution < 1.29 is 4.79 Å². The molecule has 0 radical (unpaired) electrons. The molecule has 0 saturated heterocycles. The highest BCUT2D eigenvalue weighted by atomic mass is 32.1. The third-order valence-electron chi connectivity index (χ3n) is 2.62. The molecular weight excluding hydrogens is 246 g/mol. The van der Waals surface area contributed by atoms with Crippen molar-refractivity contribution in [1.29, 1.82) is 0 Å². The molecule has 0 fully saturated rings. The molecule has 0 bridgehead atoms. The average molecular weight is 261 g/mol. The van der Waals surface area contributed by atoms with Gasteiger partial charge in [-0.2, -0.15) is 0 Å². The lowest BCUT2D eigenvalue weighted by molar-refractivity contribution is -0.114. The summed E-state index contributed by atoms with van der Waals surface area (Å²) in [5.41, 5.74) is 3.04. The van der Waals surface area contributed by atoms with Crippen LogP contribution in [0.15, 0.2) is 34.6 Å². The minimum atomic E-state index is -0.0593. The second kappa shape index (κ2) is 5.18. The van der Waals surface area contributed by atoms with Gasteiger partial charge in [0.25, 0.3) is 0 Å². The molecule has 1 N–H and O–H groups in total. The maximum Gasteiger partial charge on any atom is 0.221 e. The molecule has 1 aromatic heterocycles. The van der Waals surface area contributed by atoms with E-state index in [1.807, 2.05) is 31.3 Å². The molecule has 5 heteroatoms. The SMILES string of the molecule is CN=c1scc(-c2ccc(NC(C)=O)cc2)n1C. The van der Waals surface area contributed by atoms with Gasteiger partial charge < -0.3 is 9.88 Å². The monoisotopic (exact) mass is 261 g/mol. The second-order valence-corrected chi connectivity index (χ2v) is 4.78. The van der Waals surface area contributed by atoms with Crippen LogP contribution < -0.4 is 10.1 Å². The van der Waals surface area contributed by atoms with E-state index in [0.29, 0.717) is 0 Å². The minimum absolute atomic E-state index is 0.0593. The van der Waals surface area contributed by atoms with E-state index in [1.54, 1.807) is 18.4 Å². The largest absolute Gasteiger partial charge is 0.326 e. The van der Waals surface area contributed by atoms with Crippen LogP contribution in [0.25, 0.3) is 11.3 Å². The van der Waals surface area contributed by atoms with Gasteiger partial charge in [0.15, 0.2) is 4.80 Å². The number of thiazole rings is 1. The van der Waals surface area contributed by atoms with Crippen molar-refractivity contribution in [2.24, 2.45) is 12.0 Å². The van der Waals surface area contributed by atoms with Crippen LogP contribution >= 0.6 is 11.3 Å². The van der Waals surface area contributed by atoms with Crippen LogP contribution in [-0.4, -0.2) is 17.5 Å². The predicted molar refractivity (Wildman–Crippen MR) is 74.5 cm³/mol. The van der Waals surface area contributed by atoms with Gasteiger partial charge in [0, 0.05) is 32.1 Å². The fraction of sp³-hybridized carbons (Fsp3) is 0.231. The summed E-state index contributed by atoms with van der Waals surface area (Å²) in [5.74, 6) is -0.0593. The fourth-order valence-electron chi connectivity index (χ4n) is 1.76. The third kappa shape index (κ3) is 2.51. The van der Waals surface area contributed by atoms with Gasteiger partial charge >= 0.3 is 0 Å². The zero-order chi connectivity index (χ0) is 13.1. The van der Waals surface area contributed by atoms with Crippen LogP contribution in [-0.2, 0) is 11.8 Å². The van der Waals surface area contributed by atoms with Crippen LogP contribution in [0.2, 0.25) is 0 Å². The average Bonchev–Trinajstić information content (AvgIpc) is 2.71. The Morgan fingerprint density at radius 1 is 1.33 bits per heavy atom. The number of anilines is 1. The first-order chi connectivity index (χ1) is 8.61. The van der Waals surface area contributed by atoms with Crippen LogP contribution in [0.5, 0.6) is 0 Å². The van der Waals surface area contributed by atoms with Crippen molar-refractivity contribution in [2.45, 2.75) is 6.92 Å². The van der Waals surface area contributed by atoms with Crippen LogP contribution in [0, 0.1) is 0 Å².